The van der Waals surface area contributed by atoms with Crippen molar-refractivity contribution in [3.8, 4) is 0 Å². The molecule has 2 nitrogen and oxygen atoms in total. The summed E-state index contributed by atoms with van der Waals surface area (Å²) in [5, 5.41) is 0. The van der Waals surface area contributed by atoms with Crippen LogP contribution in [0.2, 0.25) is 0 Å². The average molecular weight is 194 g/mol. The van der Waals surface area contributed by atoms with Crippen molar-refractivity contribution in [1.82, 2.24) is 0 Å². The summed E-state index contributed by atoms with van der Waals surface area (Å²) < 4.78 is 10.5. The van der Waals surface area contributed by atoms with Crippen LogP contribution in [-0.4, -0.2) is 42.7 Å². The van der Waals surface area contributed by atoms with E-state index in [4.69, 9.17) is 8.85 Å². The Morgan fingerprint density at radius 3 is 2.55 bits per heavy atom. The Labute approximate surface area is 73.5 Å². The van der Waals surface area contributed by atoms with Gasteiger partial charge < -0.3 is 8.85 Å². The van der Waals surface area contributed by atoms with E-state index in [2.05, 4.69) is 13.3 Å². The van der Waals surface area contributed by atoms with Crippen molar-refractivity contribution in [2.45, 2.75) is 13.3 Å². The van der Waals surface area contributed by atoms with Crippen LogP contribution in [-0.2, 0) is 8.85 Å². The highest BCUT2D eigenvalue weighted by molar-refractivity contribution is 7.55. The molecule has 0 aliphatic rings. The van der Waals surface area contributed by atoms with Gasteiger partial charge in [0.15, 0.2) is 0 Å². The van der Waals surface area contributed by atoms with Gasteiger partial charge in [0, 0.05) is 13.2 Å². The van der Waals surface area contributed by atoms with E-state index in [1.807, 2.05) is 6.92 Å². The Balaban J connectivity index is 2.80. The van der Waals surface area contributed by atoms with Gasteiger partial charge in [-0.3, -0.25) is 0 Å². The van der Waals surface area contributed by atoms with Crippen molar-refractivity contribution in [2.75, 3.05) is 32.7 Å². The van der Waals surface area contributed by atoms with E-state index in [1.54, 1.807) is 0 Å². The van der Waals surface area contributed by atoms with Gasteiger partial charge in [0.1, 0.15) is 0 Å². The molecule has 0 bridgehead atoms. The fraction of sp³-hybridized carbons (Fsp3) is 1.00. The molecule has 0 aromatic carbocycles. The van der Waals surface area contributed by atoms with E-state index in [0.717, 1.165) is 13.2 Å². The van der Waals surface area contributed by atoms with Crippen molar-refractivity contribution < 1.29 is 8.85 Å². The Morgan fingerprint density at radius 2 is 2.00 bits per heavy atom. The normalized spacial score (nSPS) is 12.0. The van der Waals surface area contributed by atoms with Crippen molar-refractivity contribution in [1.29, 1.82) is 0 Å². The lowest BCUT2D eigenvalue weighted by Crippen LogP contribution is -2.06. The summed E-state index contributed by atoms with van der Waals surface area (Å²) in [4.78, 5) is 0. The standard InChI is InChI=1S/C7H19O2PSi/c1-4-8-11-9-6-5-7-10(2)3/h4-7,11H2,1-3H3. The summed E-state index contributed by atoms with van der Waals surface area (Å²) in [6.45, 7) is 8.32. The molecule has 0 aromatic rings. The fourth-order valence-corrected chi connectivity index (χ4v) is 2.05. The van der Waals surface area contributed by atoms with Crippen LogP contribution in [0, 0.1) is 0 Å². The molecule has 0 rings (SSSR count). The van der Waals surface area contributed by atoms with Gasteiger partial charge in [0.05, 0.1) is 0 Å². The Bertz CT molecular complexity index is 80.8. The molecule has 0 atom stereocenters. The zero-order chi connectivity index (χ0) is 8.53. The summed E-state index contributed by atoms with van der Waals surface area (Å²) in [6, 6.07) is 0. The molecular weight excluding hydrogens is 175 g/mol. The highest BCUT2D eigenvalue weighted by Crippen LogP contribution is 2.24. The summed E-state index contributed by atoms with van der Waals surface area (Å²) in [6.07, 6.45) is 2.54. The van der Waals surface area contributed by atoms with E-state index < -0.39 is 10.0 Å². The van der Waals surface area contributed by atoms with E-state index in [0.29, 0.717) is 0 Å². The molecule has 0 saturated heterocycles. The van der Waals surface area contributed by atoms with Gasteiger partial charge >= 0.3 is 10.0 Å². The summed E-state index contributed by atoms with van der Waals surface area (Å²) in [7, 11) is -0.357. The smallest absolute Gasteiger partial charge is 0.304 e. The van der Waals surface area contributed by atoms with Crippen LogP contribution in [0.4, 0.5) is 0 Å². The summed E-state index contributed by atoms with van der Waals surface area (Å²) in [5.74, 6) is 0. The van der Waals surface area contributed by atoms with Gasteiger partial charge in [0.25, 0.3) is 0 Å². The van der Waals surface area contributed by atoms with Gasteiger partial charge in [-0.05, 0) is 32.8 Å². The molecule has 0 N–H and O–H groups in total. The predicted molar refractivity (Wildman–Crippen MR) is 54.4 cm³/mol. The quantitative estimate of drug-likeness (QED) is 0.344. The molecule has 0 saturated carbocycles. The third-order valence-electron chi connectivity index (χ3n) is 1.26. The third-order valence-corrected chi connectivity index (χ3v) is 3.51. The number of hydrogen-bond donors (Lipinski definition) is 0. The molecule has 0 spiro atoms. The highest BCUT2D eigenvalue weighted by Gasteiger charge is 1.92. The van der Waals surface area contributed by atoms with Gasteiger partial charge in [-0.1, -0.05) is 0 Å². The molecule has 0 radical (unpaired) electrons. The minimum Gasteiger partial charge on any atom is -0.399 e. The predicted octanol–water partition coefficient (Wildman–Crippen LogP) is 1.17. The van der Waals surface area contributed by atoms with Crippen molar-refractivity contribution in [2.24, 2.45) is 0 Å². The van der Waals surface area contributed by atoms with Crippen molar-refractivity contribution in [3.05, 3.63) is 0 Å². The van der Waals surface area contributed by atoms with E-state index in [1.165, 1.54) is 12.6 Å². The van der Waals surface area contributed by atoms with Crippen LogP contribution in [0.1, 0.15) is 13.3 Å². The van der Waals surface area contributed by atoms with Gasteiger partial charge in [0.2, 0.25) is 0 Å². The van der Waals surface area contributed by atoms with Crippen molar-refractivity contribution in [3.63, 3.8) is 0 Å². The maximum absolute atomic E-state index is 5.35. The molecule has 0 aliphatic heterocycles. The Morgan fingerprint density at radius 1 is 1.27 bits per heavy atom. The van der Waals surface area contributed by atoms with Gasteiger partial charge in [-0.2, -0.15) is 0 Å². The van der Waals surface area contributed by atoms with Gasteiger partial charge in [-0.15, -0.1) is 7.92 Å². The molecule has 0 unspecified atom stereocenters. The number of rotatable bonds is 7. The molecule has 0 heterocycles. The monoisotopic (exact) mass is 194 g/mol. The van der Waals surface area contributed by atoms with E-state index in [9.17, 15) is 0 Å². The van der Waals surface area contributed by atoms with Crippen LogP contribution in [0.25, 0.3) is 0 Å². The first-order chi connectivity index (χ1) is 5.27. The topological polar surface area (TPSA) is 18.5 Å². The molecule has 68 valence electrons. The lowest BCUT2D eigenvalue weighted by atomic mass is 10.5. The zero-order valence-corrected chi connectivity index (χ0v) is 10.1. The van der Waals surface area contributed by atoms with E-state index in [-0.39, 0.29) is 7.92 Å². The van der Waals surface area contributed by atoms with Crippen LogP contribution in [0.5, 0.6) is 0 Å². The van der Waals surface area contributed by atoms with Crippen LogP contribution in [0.15, 0.2) is 0 Å². The first kappa shape index (κ1) is 11.6. The zero-order valence-electron chi connectivity index (χ0n) is 7.80. The van der Waals surface area contributed by atoms with Crippen LogP contribution in [0.3, 0.4) is 0 Å². The molecular formula is C7H19O2PSi. The first-order valence-corrected chi connectivity index (χ1v) is 7.65. The van der Waals surface area contributed by atoms with E-state index >= 15 is 0 Å². The first-order valence-electron chi connectivity index (χ1n) is 4.07. The Hall–Kier alpha value is 0.567. The average Bonchev–Trinajstić information content (AvgIpc) is 1.96. The fourth-order valence-electron chi connectivity index (χ4n) is 0.684. The SMILES string of the molecule is CCO[SiH2]OCCCP(C)C. The Kier molecular flexibility index (Phi) is 9.11. The molecule has 0 amide bonds. The maximum atomic E-state index is 5.35. The lowest BCUT2D eigenvalue weighted by molar-refractivity contribution is 0.231. The van der Waals surface area contributed by atoms with Gasteiger partial charge in [-0.25, -0.2) is 0 Å². The second-order valence-electron chi connectivity index (χ2n) is 2.68. The maximum Gasteiger partial charge on any atom is 0.304 e. The minimum atomic E-state index is -0.626. The number of hydrogen-bond acceptors (Lipinski definition) is 2. The van der Waals surface area contributed by atoms with Crippen LogP contribution >= 0.6 is 7.92 Å². The molecule has 0 aliphatic carbocycles. The van der Waals surface area contributed by atoms with Crippen molar-refractivity contribution >= 4 is 17.9 Å². The summed E-state index contributed by atoms with van der Waals surface area (Å²) in [5.41, 5.74) is 0. The molecule has 4 heteroatoms. The second kappa shape index (κ2) is 8.66. The molecule has 0 aromatic heterocycles. The lowest BCUT2D eigenvalue weighted by Gasteiger charge is -2.05. The summed E-state index contributed by atoms with van der Waals surface area (Å²) >= 11 is 0. The largest absolute Gasteiger partial charge is 0.399 e. The molecule has 0 fully saturated rings. The van der Waals surface area contributed by atoms with Crippen LogP contribution < -0.4 is 0 Å². The second-order valence-corrected chi connectivity index (χ2v) is 6.33. The minimum absolute atomic E-state index is 0.270. The molecule has 11 heavy (non-hydrogen) atoms. The highest BCUT2D eigenvalue weighted by atomic mass is 31.1. The third kappa shape index (κ3) is 10.6.